The van der Waals surface area contributed by atoms with Gasteiger partial charge < -0.3 is 10.5 Å². The van der Waals surface area contributed by atoms with E-state index in [-0.39, 0.29) is 18.0 Å². The van der Waals surface area contributed by atoms with Gasteiger partial charge in [-0.25, -0.2) is 0 Å². The summed E-state index contributed by atoms with van der Waals surface area (Å²) >= 11 is 0. The Bertz CT molecular complexity index is 265. The van der Waals surface area contributed by atoms with Crippen LogP contribution in [0, 0.1) is 11.8 Å². The number of hydrogen-bond acceptors (Lipinski definition) is 3. The van der Waals surface area contributed by atoms with Crippen LogP contribution in [0.3, 0.4) is 0 Å². The summed E-state index contributed by atoms with van der Waals surface area (Å²) in [5.74, 6) is 0.572. The Morgan fingerprint density at radius 3 is 2.59 bits per heavy atom. The minimum atomic E-state index is -0.747. The highest BCUT2D eigenvalue weighted by Gasteiger charge is 2.43. The van der Waals surface area contributed by atoms with E-state index in [1.165, 1.54) is 6.42 Å². The Morgan fingerprint density at radius 1 is 1.41 bits per heavy atom. The third-order valence-corrected chi connectivity index (χ3v) is 3.85. The number of carbonyl (C=O) groups excluding carboxylic acids is 1. The summed E-state index contributed by atoms with van der Waals surface area (Å²) in [6, 6.07) is 0. The summed E-state index contributed by atoms with van der Waals surface area (Å²) < 4.78 is 5.51. The Morgan fingerprint density at radius 2 is 2.06 bits per heavy atom. The van der Waals surface area contributed by atoms with Crippen LogP contribution in [0.15, 0.2) is 0 Å². The maximum atomic E-state index is 12.2. The van der Waals surface area contributed by atoms with Gasteiger partial charge in [-0.05, 0) is 38.0 Å². The lowest BCUT2D eigenvalue weighted by molar-refractivity contribution is -0.159. The number of ether oxygens (including phenoxy) is 1. The van der Waals surface area contributed by atoms with E-state index in [0.29, 0.717) is 5.92 Å². The van der Waals surface area contributed by atoms with Crippen molar-refractivity contribution in [1.82, 2.24) is 0 Å². The molecule has 0 spiro atoms. The second-order valence-corrected chi connectivity index (χ2v) is 6.03. The van der Waals surface area contributed by atoms with Gasteiger partial charge in [0.25, 0.3) is 0 Å². The van der Waals surface area contributed by atoms with Gasteiger partial charge in [-0.1, -0.05) is 33.6 Å². The average molecular weight is 241 g/mol. The van der Waals surface area contributed by atoms with Crippen LogP contribution < -0.4 is 5.73 Å². The molecular formula is C14H27NO2. The van der Waals surface area contributed by atoms with Crippen LogP contribution in [0.4, 0.5) is 0 Å². The lowest BCUT2D eigenvalue weighted by Gasteiger charge is -2.37. The number of nitrogens with two attached hydrogens (primary N) is 1. The molecule has 0 bridgehead atoms. The van der Waals surface area contributed by atoms with E-state index in [0.717, 1.165) is 25.7 Å². The van der Waals surface area contributed by atoms with Crippen molar-refractivity contribution >= 4 is 5.97 Å². The van der Waals surface area contributed by atoms with E-state index in [1.807, 2.05) is 6.92 Å². The van der Waals surface area contributed by atoms with Gasteiger partial charge in [0.2, 0.25) is 0 Å². The summed E-state index contributed by atoms with van der Waals surface area (Å²) in [5, 5.41) is 0. The highest BCUT2D eigenvalue weighted by atomic mass is 16.5. The predicted molar refractivity (Wildman–Crippen MR) is 69.6 cm³/mol. The van der Waals surface area contributed by atoms with E-state index >= 15 is 0 Å². The van der Waals surface area contributed by atoms with Gasteiger partial charge in [0.15, 0.2) is 0 Å². The summed E-state index contributed by atoms with van der Waals surface area (Å²) in [6.45, 7) is 8.28. The molecule has 0 aromatic carbocycles. The molecule has 0 saturated heterocycles. The topological polar surface area (TPSA) is 52.3 Å². The van der Waals surface area contributed by atoms with Crippen molar-refractivity contribution < 1.29 is 9.53 Å². The normalized spacial score (nSPS) is 31.3. The fourth-order valence-corrected chi connectivity index (χ4v) is 2.68. The predicted octanol–water partition coefficient (Wildman–Crippen LogP) is 2.87. The van der Waals surface area contributed by atoms with Crippen LogP contribution >= 0.6 is 0 Å². The fraction of sp³-hybridized carbons (Fsp3) is 0.929. The molecule has 0 aliphatic heterocycles. The molecule has 1 saturated carbocycles. The van der Waals surface area contributed by atoms with Gasteiger partial charge in [-0.2, -0.15) is 0 Å². The Labute approximate surface area is 105 Å². The molecule has 0 amide bonds. The van der Waals surface area contributed by atoms with Gasteiger partial charge in [0, 0.05) is 0 Å². The number of carbonyl (C=O) groups is 1. The van der Waals surface area contributed by atoms with Gasteiger partial charge in [-0.15, -0.1) is 0 Å². The first-order valence-corrected chi connectivity index (χ1v) is 6.86. The maximum absolute atomic E-state index is 12.2. The van der Waals surface area contributed by atoms with E-state index in [1.54, 1.807) is 0 Å². The van der Waals surface area contributed by atoms with E-state index in [2.05, 4.69) is 20.8 Å². The van der Waals surface area contributed by atoms with Gasteiger partial charge in [-0.3, -0.25) is 4.79 Å². The molecule has 1 rings (SSSR count). The largest absolute Gasteiger partial charge is 0.461 e. The molecule has 17 heavy (non-hydrogen) atoms. The smallest absolute Gasteiger partial charge is 0.326 e. The van der Waals surface area contributed by atoms with Gasteiger partial charge >= 0.3 is 5.97 Å². The lowest BCUT2D eigenvalue weighted by atomic mass is 9.74. The molecule has 100 valence electrons. The lowest BCUT2D eigenvalue weighted by Crippen LogP contribution is -2.56. The van der Waals surface area contributed by atoms with Crippen molar-refractivity contribution in [2.24, 2.45) is 17.6 Å². The molecule has 1 aliphatic rings. The summed E-state index contributed by atoms with van der Waals surface area (Å²) in [6.07, 6.45) is 4.88. The zero-order valence-corrected chi connectivity index (χ0v) is 11.7. The number of rotatable bonds is 4. The maximum Gasteiger partial charge on any atom is 0.326 e. The quantitative estimate of drug-likeness (QED) is 0.770. The Balaban J connectivity index is 2.56. The first-order valence-electron chi connectivity index (χ1n) is 6.86. The second-order valence-electron chi connectivity index (χ2n) is 6.03. The second kappa shape index (κ2) is 5.85. The SMILES string of the molecule is CC(C)CC(C)OC(=O)C1(N)CCCCC1C. The van der Waals surface area contributed by atoms with E-state index in [9.17, 15) is 4.79 Å². The van der Waals surface area contributed by atoms with E-state index in [4.69, 9.17) is 10.5 Å². The van der Waals surface area contributed by atoms with Crippen LogP contribution in [0.5, 0.6) is 0 Å². The third kappa shape index (κ3) is 3.70. The van der Waals surface area contributed by atoms with Crippen LogP contribution in [-0.2, 0) is 9.53 Å². The van der Waals surface area contributed by atoms with Crippen LogP contribution in [0.2, 0.25) is 0 Å². The molecule has 0 heterocycles. The molecule has 2 N–H and O–H groups in total. The van der Waals surface area contributed by atoms with Crippen molar-refractivity contribution in [3.8, 4) is 0 Å². The molecular weight excluding hydrogens is 214 g/mol. The molecule has 3 unspecified atom stereocenters. The molecule has 0 radical (unpaired) electrons. The summed E-state index contributed by atoms with van der Waals surface area (Å²) in [5.41, 5.74) is 5.50. The first kappa shape index (κ1) is 14.5. The van der Waals surface area contributed by atoms with Crippen LogP contribution in [-0.4, -0.2) is 17.6 Å². The summed E-state index contributed by atoms with van der Waals surface area (Å²) in [4.78, 5) is 12.2. The van der Waals surface area contributed by atoms with Crippen molar-refractivity contribution in [2.75, 3.05) is 0 Å². The fourth-order valence-electron chi connectivity index (χ4n) is 2.68. The average Bonchev–Trinajstić information content (AvgIpc) is 2.21. The number of esters is 1. The molecule has 3 heteroatoms. The molecule has 1 fully saturated rings. The Hall–Kier alpha value is -0.570. The molecule has 0 aromatic heterocycles. The molecule has 0 aromatic rings. The van der Waals surface area contributed by atoms with Crippen molar-refractivity contribution in [2.45, 2.75) is 71.4 Å². The van der Waals surface area contributed by atoms with Crippen LogP contribution in [0.25, 0.3) is 0 Å². The molecule has 1 aliphatic carbocycles. The highest BCUT2D eigenvalue weighted by Crippen LogP contribution is 2.33. The van der Waals surface area contributed by atoms with Gasteiger partial charge in [0.1, 0.15) is 5.54 Å². The zero-order chi connectivity index (χ0) is 13.1. The monoisotopic (exact) mass is 241 g/mol. The zero-order valence-electron chi connectivity index (χ0n) is 11.7. The first-order chi connectivity index (χ1) is 7.86. The van der Waals surface area contributed by atoms with Crippen molar-refractivity contribution in [1.29, 1.82) is 0 Å². The number of hydrogen-bond donors (Lipinski definition) is 1. The standard InChI is InChI=1S/C14H27NO2/c1-10(2)9-12(4)17-13(16)14(15)8-6-5-7-11(14)3/h10-12H,5-9,15H2,1-4H3. The Kier molecular flexibility index (Phi) is 4.99. The molecule has 3 nitrogen and oxygen atoms in total. The minimum Gasteiger partial charge on any atom is -0.461 e. The molecule has 3 atom stereocenters. The minimum absolute atomic E-state index is 0.0305. The van der Waals surface area contributed by atoms with Crippen molar-refractivity contribution in [3.63, 3.8) is 0 Å². The third-order valence-electron chi connectivity index (χ3n) is 3.85. The van der Waals surface area contributed by atoms with Crippen LogP contribution in [0.1, 0.15) is 59.8 Å². The summed E-state index contributed by atoms with van der Waals surface area (Å²) in [7, 11) is 0. The van der Waals surface area contributed by atoms with E-state index < -0.39 is 5.54 Å². The highest BCUT2D eigenvalue weighted by molar-refractivity contribution is 5.81. The van der Waals surface area contributed by atoms with Crippen molar-refractivity contribution in [3.05, 3.63) is 0 Å². The van der Waals surface area contributed by atoms with Gasteiger partial charge in [0.05, 0.1) is 6.10 Å².